The van der Waals surface area contributed by atoms with Crippen LogP contribution in [-0.2, 0) is 9.47 Å². The summed E-state index contributed by atoms with van der Waals surface area (Å²) in [5.41, 5.74) is 0.473. The molecule has 0 saturated heterocycles. The molecule has 0 N–H and O–H groups in total. The summed E-state index contributed by atoms with van der Waals surface area (Å²) in [6, 6.07) is 6.74. The standard InChI is InChI=1S/C15H18O4/c1-11(17-3)5-6-12(2)19-15(16)13-7-9-14(18-4)10-8-13/h5-10H,1-4H3/b11-5+,12-6+. The first-order valence-corrected chi connectivity index (χ1v) is 5.82. The first-order chi connectivity index (χ1) is 9.06. The van der Waals surface area contributed by atoms with Crippen LogP contribution in [-0.4, -0.2) is 20.2 Å². The fourth-order valence-corrected chi connectivity index (χ4v) is 1.27. The van der Waals surface area contributed by atoms with Crippen LogP contribution >= 0.6 is 0 Å². The van der Waals surface area contributed by atoms with Crippen molar-refractivity contribution in [3.63, 3.8) is 0 Å². The van der Waals surface area contributed by atoms with E-state index < -0.39 is 5.97 Å². The summed E-state index contributed by atoms with van der Waals surface area (Å²) in [6.07, 6.45) is 3.41. The Bertz CT molecular complexity index is 483. The Balaban J connectivity index is 2.68. The van der Waals surface area contributed by atoms with E-state index in [1.165, 1.54) is 0 Å². The quantitative estimate of drug-likeness (QED) is 0.464. The topological polar surface area (TPSA) is 44.8 Å². The number of carbonyl (C=O) groups excluding carboxylic acids is 1. The molecule has 1 aromatic rings. The van der Waals surface area contributed by atoms with Crippen LogP contribution in [0.5, 0.6) is 5.75 Å². The molecular weight excluding hydrogens is 244 g/mol. The first kappa shape index (κ1) is 14.8. The molecule has 0 atom stereocenters. The lowest BCUT2D eigenvalue weighted by molar-refractivity contribution is 0.0626. The lowest BCUT2D eigenvalue weighted by atomic mass is 10.2. The van der Waals surface area contributed by atoms with Crippen molar-refractivity contribution >= 4 is 5.97 Å². The lowest BCUT2D eigenvalue weighted by Gasteiger charge is -2.05. The second-order valence-electron chi connectivity index (χ2n) is 3.88. The molecule has 102 valence electrons. The summed E-state index contributed by atoms with van der Waals surface area (Å²) in [5.74, 6) is 1.53. The second-order valence-corrected chi connectivity index (χ2v) is 3.88. The van der Waals surface area contributed by atoms with Crippen LogP contribution in [0.2, 0.25) is 0 Å². The van der Waals surface area contributed by atoms with Crippen molar-refractivity contribution in [3.05, 3.63) is 53.5 Å². The summed E-state index contributed by atoms with van der Waals surface area (Å²) in [7, 11) is 3.16. The van der Waals surface area contributed by atoms with E-state index in [-0.39, 0.29) is 0 Å². The van der Waals surface area contributed by atoms with Gasteiger partial charge in [-0.1, -0.05) is 0 Å². The lowest BCUT2D eigenvalue weighted by Crippen LogP contribution is -2.03. The molecule has 4 nitrogen and oxygen atoms in total. The van der Waals surface area contributed by atoms with Crippen molar-refractivity contribution < 1.29 is 19.0 Å². The Hall–Kier alpha value is -2.23. The average Bonchev–Trinajstić information content (AvgIpc) is 2.44. The molecule has 0 aromatic heterocycles. The molecule has 19 heavy (non-hydrogen) atoms. The third-order valence-electron chi connectivity index (χ3n) is 2.45. The Morgan fingerprint density at radius 1 is 1.00 bits per heavy atom. The van der Waals surface area contributed by atoms with Gasteiger partial charge in [0.15, 0.2) is 0 Å². The van der Waals surface area contributed by atoms with Crippen molar-refractivity contribution in [2.75, 3.05) is 14.2 Å². The van der Waals surface area contributed by atoms with Gasteiger partial charge in [0, 0.05) is 0 Å². The molecule has 0 aliphatic carbocycles. The summed E-state index contributed by atoms with van der Waals surface area (Å²) < 4.78 is 15.2. The fraction of sp³-hybridized carbons (Fsp3) is 0.267. The third kappa shape index (κ3) is 4.87. The van der Waals surface area contributed by atoms with Gasteiger partial charge < -0.3 is 14.2 Å². The van der Waals surface area contributed by atoms with Crippen LogP contribution in [0.4, 0.5) is 0 Å². The van der Waals surface area contributed by atoms with Crippen LogP contribution in [0.25, 0.3) is 0 Å². The normalized spacial score (nSPS) is 12.0. The smallest absolute Gasteiger partial charge is 0.343 e. The summed E-state index contributed by atoms with van der Waals surface area (Å²) in [5, 5.41) is 0. The minimum atomic E-state index is -0.403. The number of benzene rings is 1. The van der Waals surface area contributed by atoms with Crippen LogP contribution in [0, 0.1) is 0 Å². The zero-order valence-electron chi connectivity index (χ0n) is 11.6. The van der Waals surface area contributed by atoms with E-state index >= 15 is 0 Å². The van der Waals surface area contributed by atoms with Crippen molar-refractivity contribution in [1.82, 2.24) is 0 Å². The van der Waals surface area contributed by atoms with Gasteiger partial charge in [-0.05, 0) is 50.3 Å². The highest BCUT2D eigenvalue weighted by Crippen LogP contribution is 2.13. The third-order valence-corrected chi connectivity index (χ3v) is 2.45. The predicted octanol–water partition coefficient (Wildman–Crippen LogP) is 3.31. The first-order valence-electron chi connectivity index (χ1n) is 5.82. The minimum absolute atomic E-state index is 0.403. The zero-order valence-corrected chi connectivity index (χ0v) is 11.6. The van der Waals surface area contributed by atoms with E-state index in [9.17, 15) is 4.79 Å². The molecule has 0 fully saturated rings. The molecule has 0 spiro atoms. The van der Waals surface area contributed by atoms with Crippen LogP contribution in [0.1, 0.15) is 24.2 Å². The second kappa shape index (κ2) is 7.26. The maximum Gasteiger partial charge on any atom is 0.343 e. The Kier molecular flexibility index (Phi) is 5.67. The van der Waals surface area contributed by atoms with Gasteiger partial charge in [-0.15, -0.1) is 0 Å². The van der Waals surface area contributed by atoms with E-state index in [1.807, 2.05) is 6.92 Å². The molecule has 0 saturated carbocycles. The van der Waals surface area contributed by atoms with E-state index in [1.54, 1.807) is 57.6 Å². The Morgan fingerprint density at radius 2 is 1.58 bits per heavy atom. The number of esters is 1. The summed E-state index contributed by atoms with van der Waals surface area (Å²) >= 11 is 0. The number of hydrogen-bond acceptors (Lipinski definition) is 4. The van der Waals surface area contributed by atoms with Crippen molar-refractivity contribution in [2.45, 2.75) is 13.8 Å². The van der Waals surface area contributed by atoms with Gasteiger partial charge in [0.1, 0.15) is 11.5 Å². The number of ether oxygens (including phenoxy) is 3. The average molecular weight is 262 g/mol. The maximum absolute atomic E-state index is 11.8. The van der Waals surface area contributed by atoms with E-state index in [4.69, 9.17) is 14.2 Å². The number of methoxy groups -OCH3 is 2. The van der Waals surface area contributed by atoms with Gasteiger partial charge >= 0.3 is 5.97 Å². The molecule has 0 aliphatic rings. The number of allylic oxidation sites excluding steroid dienone is 4. The molecule has 0 radical (unpaired) electrons. The van der Waals surface area contributed by atoms with E-state index in [0.29, 0.717) is 17.1 Å². The number of rotatable bonds is 5. The van der Waals surface area contributed by atoms with Crippen LogP contribution < -0.4 is 4.74 Å². The number of hydrogen-bond donors (Lipinski definition) is 0. The van der Waals surface area contributed by atoms with E-state index in [0.717, 1.165) is 5.76 Å². The highest BCUT2D eigenvalue weighted by atomic mass is 16.5. The molecule has 4 heteroatoms. The summed E-state index contributed by atoms with van der Waals surface area (Å²) in [6.45, 7) is 3.52. The van der Waals surface area contributed by atoms with Gasteiger partial charge in [-0.3, -0.25) is 0 Å². The predicted molar refractivity (Wildman–Crippen MR) is 72.9 cm³/mol. The molecule has 0 amide bonds. The molecular formula is C15H18O4. The Labute approximate surface area is 113 Å². The van der Waals surface area contributed by atoms with Crippen molar-refractivity contribution in [1.29, 1.82) is 0 Å². The van der Waals surface area contributed by atoms with Crippen LogP contribution in [0.3, 0.4) is 0 Å². The highest BCUT2D eigenvalue weighted by molar-refractivity contribution is 5.90. The van der Waals surface area contributed by atoms with Crippen LogP contribution in [0.15, 0.2) is 47.9 Å². The minimum Gasteiger partial charge on any atom is -0.501 e. The SMILES string of the molecule is CO/C(C)=C/C=C(\C)OC(=O)c1ccc(OC)cc1. The van der Waals surface area contributed by atoms with Crippen molar-refractivity contribution in [2.24, 2.45) is 0 Å². The monoisotopic (exact) mass is 262 g/mol. The van der Waals surface area contributed by atoms with Gasteiger partial charge in [0.05, 0.1) is 25.5 Å². The molecule has 0 bridgehead atoms. The fourth-order valence-electron chi connectivity index (χ4n) is 1.27. The zero-order chi connectivity index (χ0) is 14.3. The van der Waals surface area contributed by atoms with E-state index in [2.05, 4.69) is 0 Å². The largest absolute Gasteiger partial charge is 0.501 e. The van der Waals surface area contributed by atoms with Gasteiger partial charge in [-0.2, -0.15) is 0 Å². The highest BCUT2D eigenvalue weighted by Gasteiger charge is 2.07. The summed E-state index contributed by atoms with van der Waals surface area (Å²) in [4.78, 5) is 11.8. The molecule has 0 heterocycles. The molecule has 1 aromatic carbocycles. The maximum atomic E-state index is 11.8. The molecule has 0 aliphatic heterocycles. The molecule has 1 rings (SSSR count). The molecule has 0 unspecified atom stereocenters. The Morgan fingerprint density at radius 3 is 2.11 bits per heavy atom. The number of carbonyl (C=O) groups is 1. The van der Waals surface area contributed by atoms with Gasteiger partial charge in [-0.25, -0.2) is 4.79 Å². The van der Waals surface area contributed by atoms with Crippen molar-refractivity contribution in [3.8, 4) is 5.75 Å². The van der Waals surface area contributed by atoms with Gasteiger partial charge in [0.2, 0.25) is 0 Å². The van der Waals surface area contributed by atoms with Gasteiger partial charge in [0.25, 0.3) is 0 Å².